The van der Waals surface area contributed by atoms with Crippen LogP contribution >= 0.6 is 0 Å². The highest BCUT2D eigenvalue weighted by Crippen LogP contribution is 2.42. The molecule has 1 N–H and O–H groups in total. The molecule has 1 aliphatic rings. The molecule has 1 saturated heterocycles. The van der Waals surface area contributed by atoms with Gasteiger partial charge in [-0.25, -0.2) is 4.39 Å². The Morgan fingerprint density at radius 1 is 1.15 bits per heavy atom. The summed E-state index contributed by atoms with van der Waals surface area (Å²) in [6, 6.07) is 13.2. The van der Waals surface area contributed by atoms with Crippen molar-refractivity contribution in [3.8, 4) is 5.75 Å². The first-order chi connectivity index (χ1) is 16.3. The highest BCUT2D eigenvalue weighted by atomic mass is 19.1. The first-order valence-electron chi connectivity index (χ1n) is 11.2. The van der Waals surface area contributed by atoms with Crippen LogP contribution in [-0.4, -0.2) is 28.3 Å². The summed E-state index contributed by atoms with van der Waals surface area (Å²) >= 11 is 0. The van der Waals surface area contributed by atoms with Crippen molar-refractivity contribution in [2.75, 3.05) is 6.61 Å². The summed E-state index contributed by atoms with van der Waals surface area (Å²) in [5, 5.41) is 11.3. The Bertz CT molecular complexity index is 1250. The minimum Gasteiger partial charge on any atom is -0.507 e. The molecule has 2 aromatic carbocycles. The smallest absolute Gasteiger partial charge is 0.296 e. The standard InChI is InChI=1S/C27H26FNO5/c1-4-33-22-12-11-17(14-20(22)16(2)3)25(30)23-24(19-9-5-6-10-21(19)28)29(27(32)26(23)31)15-18-8-7-13-34-18/h5-14,16,24,30H,4,15H2,1-3H3/b25-23+. The Kier molecular flexibility index (Phi) is 6.54. The summed E-state index contributed by atoms with van der Waals surface area (Å²) in [7, 11) is 0. The number of ketones is 1. The Balaban J connectivity index is 1.88. The van der Waals surface area contributed by atoms with E-state index in [0.29, 0.717) is 23.7 Å². The number of likely N-dealkylation sites (tertiary alicyclic amines) is 1. The van der Waals surface area contributed by atoms with E-state index in [-0.39, 0.29) is 29.4 Å². The molecule has 6 nitrogen and oxygen atoms in total. The van der Waals surface area contributed by atoms with E-state index in [2.05, 4.69) is 0 Å². The molecule has 4 rings (SSSR count). The number of carbonyl (C=O) groups excluding carboxylic acids is 2. The lowest BCUT2D eigenvalue weighted by Gasteiger charge is -2.25. The van der Waals surface area contributed by atoms with Gasteiger partial charge >= 0.3 is 0 Å². The molecular weight excluding hydrogens is 437 g/mol. The Labute approximate surface area is 197 Å². The fourth-order valence-electron chi connectivity index (χ4n) is 4.22. The number of aliphatic hydroxyl groups excluding tert-OH is 1. The molecule has 34 heavy (non-hydrogen) atoms. The Morgan fingerprint density at radius 3 is 2.56 bits per heavy atom. The van der Waals surface area contributed by atoms with E-state index in [0.717, 1.165) is 5.56 Å². The number of hydrogen-bond acceptors (Lipinski definition) is 5. The van der Waals surface area contributed by atoms with Crippen molar-refractivity contribution in [3.63, 3.8) is 0 Å². The van der Waals surface area contributed by atoms with Crippen LogP contribution in [0.25, 0.3) is 5.76 Å². The summed E-state index contributed by atoms with van der Waals surface area (Å²) in [5.74, 6) is -1.46. The first-order valence-corrected chi connectivity index (χ1v) is 11.2. The second-order valence-electron chi connectivity index (χ2n) is 8.37. The summed E-state index contributed by atoms with van der Waals surface area (Å²) in [5.41, 5.74) is 1.15. The van der Waals surface area contributed by atoms with Gasteiger partial charge in [0, 0.05) is 11.1 Å². The summed E-state index contributed by atoms with van der Waals surface area (Å²) in [6.07, 6.45) is 1.46. The molecule has 0 spiro atoms. The Morgan fingerprint density at radius 2 is 1.91 bits per heavy atom. The zero-order valence-electron chi connectivity index (χ0n) is 19.2. The Hall–Kier alpha value is -3.87. The normalized spacial score (nSPS) is 17.6. The molecule has 1 fully saturated rings. The highest BCUT2D eigenvalue weighted by Gasteiger charge is 2.47. The maximum Gasteiger partial charge on any atom is 0.296 e. The second kappa shape index (κ2) is 9.55. The highest BCUT2D eigenvalue weighted by molar-refractivity contribution is 6.46. The number of furan rings is 1. The lowest BCUT2D eigenvalue weighted by Crippen LogP contribution is -2.29. The molecule has 1 aliphatic heterocycles. The van der Waals surface area contributed by atoms with Gasteiger partial charge in [-0.2, -0.15) is 0 Å². The van der Waals surface area contributed by atoms with E-state index in [1.54, 1.807) is 36.4 Å². The number of amides is 1. The quantitative estimate of drug-likeness (QED) is 0.282. The molecule has 0 radical (unpaired) electrons. The van der Waals surface area contributed by atoms with Gasteiger partial charge in [-0.15, -0.1) is 0 Å². The number of ether oxygens (including phenoxy) is 1. The van der Waals surface area contributed by atoms with Crippen molar-refractivity contribution >= 4 is 17.4 Å². The van der Waals surface area contributed by atoms with Crippen molar-refractivity contribution in [1.29, 1.82) is 0 Å². The van der Waals surface area contributed by atoms with Crippen LogP contribution in [0.4, 0.5) is 4.39 Å². The molecule has 1 amide bonds. The molecule has 1 atom stereocenters. The van der Waals surface area contributed by atoms with Gasteiger partial charge in [0.25, 0.3) is 11.7 Å². The van der Waals surface area contributed by atoms with Crippen LogP contribution < -0.4 is 4.74 Å². The topological polar surface area (TPSA) is 80.0 Å². The maximum absolute atomic E-state index is 14.9. The fraction of sp³-hybridized carbons (Fsp3) is 0.259. The number of benzene rings is 2. The molecule has 0 saturated carbocycles. The van der Waals surface area contributed by atoms with Gasteiger partial charge in [-0.1, -0.05) is 32.0 Å². The van der Waals surface area contributed by atoms with Crippen LogP contribution in [0.5, 0.6) is 5.75 Å². The molecule has 3 aromatic rings. The van der Waals surface area contributed by atoms with Crippen LogP contribution in [0.15, 0.2) is 70.9 Å². The SMILES string of the molecule is CCOc1ccc(/C(O)=C2\C(=O)C(=O)N(Cc3ccco3)C2c2ccccc2F)cc1C(C)C. The summed E-state index contributed by atoms with van der Waals surface area (Å²) in [6.45, 7) is 6.30. The van der Waals surface area contributed by atoms with Crippen LogP contribution in [0.2, 0.25) is 0 Å². The van der Waals surface area contributed by atoms with Crippen molar-refractivity contribution in [2.45, 2.75) is 39.3 Å². The predicted molar refractivity (Wildman–Crippen MR) is 125 cm³/mol. The largest absolute Gasteiger partial charge is 0.507 e. The molecule has 0 bridgehead atoms. The monoisotopic (exact) mass is 463 g/mol. The first kappa shape index (κ1) is 23.3. The van der Waals surface area contributed by atoms with Crippen molar-refractivity contribution < 1.29 is 28.2 Å². The van der Waals surface area contributed by atoms with E-state index in [1.807, 2.05) is 20.8 Å². The van der Waals surface area contributed by atoms with Crippen molar-refractivity contribution in [2.24, 2.45) is 0 Å². The summed E-state index contributed by atoms with van der Waals surface area (Å²) < 4.78 is 26.0. The van der Waals surface area contributed by atoms with E-state index >= 15 is 0 Å². The number of hydrogen-bond donors (Lipinski definition) is 1. The average Bonchev–Trinajstić information content (AvgIpc) is 3.42. The van der Waals surface area contributed by atoms with Gasteiger partial charge in [0.1, 0.15) is 23.1 Å². The number of carbonyl (C=O) groups is 2. The minimum atomic E-state index is -1.11. The van der Waals surface area contributed by atoms with Crippen LogP contribution in [0.3, 0.4) is 0 Å². The molecule has 2 heterocycles. The molecule has 1 unspecified atom stereocenters. The van der Waals surface area contributed by atoms with E-state index in [4.69, 9.17) is 9.15 Å². The third kappa shape index (κ3) is 4.21. The minimum absolute atomic E-state index is 0.0477. The van der Waals surface area contributed by atoms with Crippen LogP contribution in [0, 0.1) is 5.82 Å². The van der Waals surface area contributed by atoms with Gasteiger partial charge in [0.2, 0.25) is 0 Å². The zero-order chi connectivity index (χ0) is 24.4. The lowest BCUT2D eigenvalue weighted by molar-refractivity contribution is -0.140. The van der Waals surface area contributed by atoms with E-state index < -0.39 is 23.5 Å². The third-order valence-corrected chi connectivity index (χ3v) is 5.85. The van der Waals surface area contributed by atoms with Crippen LogP contribution in [0.1, 0.15) is 55.2 Å². The lowest BCUT2D eigenvalue weighted by atomic mass is 9.93. The number of aliphatic hydroxyl groups is 1. The number of rotatable bonds is 7. The van der Waals surface area contributed by atoms with Gasteiger partial charge in [-0.05, 0) is 54.8 Å². The van der Waals surface area contributed by atoms with Crippen molar-refractivity contribution in [1.82, 2.24) is 4.90 Å². The van der Waals surface area contributed by atoms with E-state index in [1.165, 1.54) is 29.4 Å². The van der Waals surface area contributed by atoms with Gasteiger partial charge in [0.15, 0.2) is 0 Å². The molecule has 1 aromatic heterocycles. The molecular formula is C27H26FNO5. The zero-order valence-corrected chi connectivity index (χ0v) is 19.2. The summed E-state index contributed by atoms with van der Waals surface area (Å²) in [4.78, 5) is 27.4. The van der Waals surface area contributed by atoms with Gasteiger partial charge in [-0.3, -0.25) is 9.59 Å². The van der Waals surface area contributed by atoms with E-state index in [9.17, 15) is 19.1 Å². The molecule has 7 heteroatoms. The molecule has 176 valence electrons. The predicted octanol–water partition coefficient (Wildman–Crippen LogP) is 5.56. The third-order valence-electron chi connectivity index (χ3n) is 5.85. The number of Topliss-reactive ketones (excluding diaryl/α,β-unsaturated/α-hetero) is 1. The average molecular weight is 464 g/mol. The second-order valence-corrected chi connectivity index (χ2v) is 8.37. The van der Waals surface area contributed by atoms with Gasteiger partial charge < -0.3 is 19.2 Å². The van der Waals surface area contributed by atoms with Crippen molar-refractivity contribution in [3.05, 3.63) is 94.7 Å². The number of halogens is 1. The fourth-order valence-corrected chi connectivity index (χ4v) is 4.22. The molecule has 0 aliphatic carbocycles. The van der Waals surface area contributed by atoms with Crippen LogP contribution in [-0.2, 0) is 16.1 Å². The van der Waals surface area contributed by atoms with Gasteiger partial charge in [0.05, 0.1) is 31.0 Å². The maximum atomic E-state index is 14.9. The number of nitrogens with zero attached hydrogens (tertiary/aromatic N) is 1.